The van der Waals surface area contributed by atoms with Crippen molar-refractivity contribution in [3.05, 3.63) is 64.2 Å². The first-order valence-electron chi connectivity index (χ1n) is 12.4. The van der Waals surface area contributed by atoms with Crippen LogP contribution in [0.2, 0.25) is 5.02 Å². The first-order valence-corrected chi connectivity index (χ1v) is 14.3. The zero-order chi connectivity index (χ0) is 24.4. The molecule has 35 heavy (non-hydrogen) atoms. The maximum Gasteiger partial charge on any atom is 0.221 e. The van der Waals surface area contributed by atoms with Crippen LogP contribution in [-0.4, -0.2) is 75.7 Å². The fourth-order valence-corrected chi connectivity index (χ4v) is 6.82. The smallest absolute Gasteiger partial charge is 0.221 e. The van der Waals surface area contributed by atoms with Crippen LogP contribution in [0.4, 0.5) is 0 Å². The molecule has 0 amide bonds. The molecule has 0 aromatic heterocycles. The number of hydrogen-bond donors (Lipinski definition) is 1. The van der Waals surface area contributed by atoms with Gasteiger partial charge in [-0.15, -0.1) is 0 Å². The highest BCUT2D eigenvalue weighted by Gasteiger charge is 2.36. The van der Waals surface area contributed by atoms with E-state index in [2.05, 4.69) is 39.0 Å². The van der Waals surface area contributed by atoms with E-state index in [1.807, 2.05) is 18.2 Å². The summed E-state index contributed by atoms with van der Waals surface area (Å²) in [5, 5.41) is 5.79. The van der Waals surface area contributed by atoms with Crippen molar-refractivity contribution in [3.8, 4) is 5.75 Å². The summed E-state index contributed by atoms with van der Waals surface area (Å²) in [6, 6.07) is 15.0. The molecular weight excluding hydrogens is 484 g/mol. The minimum Gasteiger partial charge on any atom is -0.492 e. The van der Waals surface area contributed by atoms with E-state index in [4.69, 9.17) is 16.3 Å². The van der Waals surface area contributed by atoms with Crippen LogP contribution >= 0.6 is 11.6 Å². The van der Waals surface area contributed by atoms with Crippen molar-refractivity contribution in [3.63, 3.8) is 0 Å². The Morgan fingerprint density at radius 3 is 2.77 bits per heavy atom. The molecule has 188 valence electrons. The highest BCUT2D eigenvalue weighted by Crippen LogP contribution is 2.40. The molecule has 1 saturated heterocycles. The third-order valence-corrected chi connectivity index (χ3v) is 9.25. The van der Waals surface area contributed by atoms with E-state index in [9.17, 15) is 8.42 Å². The van der Waals surface area contributed by atoms with Crippen molar-refractivity contribution in [1.29, 1.82) is 0 Å². The Bertz CT molecular complexity index is 1180. The number of hydrogen-bond acceptors (Lipinski definition) is 6. The number of nitrogens with zero attached hydrogens (tertiary/aromatic N) is 3. The van der Waals surface area contributed by atoms with E-state index in [1.54, 1.807) is 12.1 Å². The summed E-state index contributed by atoms with van der Waals surface area (Å²) in [6.45, 7) is 3.20. The van der Waals surface area contributed by atoms with Gasteiger partial charge in [0.2, 0.25) is 10.0 Å². The monoisotopic (exact) mass is 516 g/mol. The van der Waals surface area contributed by atoms with Crippen molar-refractivity contribution in [1.82, 2.24) is 14.6 Å². The Morgan fingerprint density at radius 1 is 1.20 bits per heavy atom. The van der Waals surface area contributed by atoms with E-state index in [-0.39, 0.29) is 13.2 Å². The molecule has 0 radical (unpaired) electrons. The van der Waals surface area contributed by atoms with Crippen LogP contribution in [0.5, 0.6) is 5.75 Å². The Morgan fingerprint density at radius 2 is 2.06 bits per heavy atom. The zero-order valence-electron chi connectivity index (χ0n) is 20.1. The highest BCUT2D eigenvalue weighted by atomic mass is 35.5. The third kappa shape index (κ3) is 5.66. The van der Waals surface area contributed by atoms with Gasteiger partial charge in [0.1, 0.15) is 17.6 Å². The summed E-state index contributed by atoms with van der Waals surface area (Å²) in [5.74, 6) is 1.16. The molecule has 3 unspecified atom stereocenters. The van der Waals surface area contributed by atoms with Crippen LogP contribution in [-0.2, 0) is 22.9 Å². The summed E-state index contributed by atoms with van der Waals surface area (Å²) < 4.78 is 33.6. The largest absolute Gasteiger partial charge is 0.492 e. The standard InChI is InChI=1S/C26H33ClN4O3S/c1-30-18-23(17-28-30)35(32,33)29-10-13-34-22-8-6-20-7-9-26(31-11-3-12-31)25(24(20)16-22)15-19-4-2-5-21(27)14-19/h2,4-6,8,14,16-17,23,25-26,29H,3,7,9-13,15,18H2,1H3. The van der Waals surface area contributed by atoms with E-state index in [0.29, 0.717) is 18.5 Å². The molecule has 1 aliphatic carbocycles. The molecule has 5 rings (SSSR count). The lowest BCUT2D eigenvalue weighted by Crippen LogP contribution is -2.49. The van der Waals surface area contributed by atoms with Gasteiger partial charge in [-0.2, -0.15) is 5.10 Å². The van der Waals surface area contributed by atoms with Crippen molar-refractivity contribution in [2.75, 3.05) is 39.8 Å². The molecule has 1 fully saturated rings. The number of benzene rings is 2. The van der Waals surface area contributed by atoms with Gasteiger partial charge >= 0.3 is 0 Å². The number of aryl methyl sites for hydroxylation is 1. The number of ether oxygens (including phenoxy) is 1. The average Bonchev–Trinajstić information content (AvgIpc) is 3.24. The Labute approximate surface area is 213 Å². The number of hydrazone groups is 1. The van der Waals surface area contributed by atoms with Gasteiger partial charge in [-0.3, -0.25) is 9.91 Å². The molecule has 0 bridgehead atoms. The molecule has 3 aliphatic rings. The minimum absolute atomic E-state index is 0.218. The van der Waals surface area contributed by atoms with E-state index in [0.717, 1.165) is 23.6 Å². The van der Waals surface area contributed by atoms with Crippen LogP contribution < -0.4 is 9.46 Å². The maximum absolute atomic E-state index is 12.5. The van der Waals surface area contributed by atoms with Crippen molar-refractivity contribution >= 4 is 27.8 Å². The van der Waals surface area contributed by atoms with E-state index < -0.39 is 15.3 Å². The quantitative estimate of drug-likeness (QED) is 0.518. The van der Waals surface area contributed by atoms with Crippen molar-refractivity contribution in [2.45, 2.75) is 42.9 Å². The van der Waals surface area contributed by atoms with E-state index in [1.165, 1.54) is 48.8 Å². The number of sulfonamides is 1. The summed E-state index contributed by atoms with van der Waals surface area (Å²) >= 11 is 6.29. The van der Waals surface area contributed by atoms with Gasteiger partial charge in [-0.05, 0) is 79.7 Å². The first-order chi connectivity index (χ1) is 16.9. The molecule has 2 aromatic carbocycles. The molecule has 0 saturated carbocycles. The Balaban J connectivity index is 1.27. The topological polar surface area (TPSA) is 74.2 Å². The van der Waals surface area contributed by atoms with Gasteiger partial charge in [0.15, 0.2) is 0 Å². The van der Waals surface area contributed by atoms with Gasteiger partial charge in [-0.1, -0.05) is 29.8 Å². The van der Waals surface area contributed by atoms with E-state index >= 15 is 0 Å². The number of rotatable bonds is 9. The SMILES string of the molecule is CN1CC(S(=O)(=O)NCCOc2ccc3c(c2)C(Cc2cccc(Cl)c2)C(N2CCC2)CC3)C=N1. The van der Waals surface area contributed by atoms with Crippen LogP contribution in [0.3, 0.4) is 0 Å². The average molecular weight is 517 g/mol. The fourth-order valence-electron chi connectivity index (χ4n) is 5.40. The zero-order valence-corrected chi connectivity index (χ0v) is 21.6. The summed E-state index contributed by atoms with van der Waals surface area (Å²) in [4.78, 5) is 2.62. The van der Waals surface area contributed by atoms with Crippen LogP contribution in [0.1, 0.15) is 35.4 Å². The number of fused-ring (bicyclic) bond motifs is 1. The minimum atomic E-state index is -3.46. The predicted octanol–water partition coefficient (Wildman–Crippen LogP) is 3.28. The van der Waals surface area contributed by atoms with Crippen LogP contribution in [0.15, 0.2) is 47.6 Å². The normalized spacial score (nSPS) is 24.3. The number of halogens is 1. The number of likely N-dealkylation sites (tertiary alicyclic amines) is 1. The van der Waals surface area contributed by atoms with Gasteiger partial charge in [0, 0.05) is 36.8 Å². The van der Waals surface area contributed by atoms with Crippen molar-refractivity contribution in [2.24, 2.45) is 5.10 Å². The maximum atomic E-state index is 12.5. The lowest BCUT2D eigenvalue weighted by atomic mass is 9.75. The molecular formula is C26H33ClN4O3S. The fraction of sp³-hybridized carbons (Fsp3) is 0.500. The van der Waals surface area contributed by atoms with Crippen LogP contribution in [0, 0.1) is 0 Å². The number of nitrogens with one attached hydrogen (secondary N) is 1. The first kappa shape index (κ1) is 24.6. The van der Waals surface area contributed by atoms with Crippen molar-refractivity contribution < 1.29 is 13.2 Å². The summed E-state index contributed by atoms with van der Waals surface area (Å²) in [7, 11) is -1.70. The second-order valence-electron chi connectivity index (χ2n) is 9.73. The lowest BCUT2D eigenvalue weighted by Gasteiger charge is -2.45. The molecule has 2 heterocycles. The summed E-state index contributed by atoms with van der Waals surface area (Å²) in [6.07, 6.45) is 5.92. The highest BCUT2D eigenvalue weighted by molar-refractivity contribution is 7.90. The molecule has 9 heteroatoms. The second kappa shape index (κ2) is 10.5. The Hall–Kier alpha value is -2.13. The van der Waals surface area contributed by atoms with Gasteiger partial charge in [0.25, 0.3) is 0 Å². The Kier molecular flexibility index (Phi) is 7.34. The lowest BCUT2D eigenvalue weighted by molar-refractivity contribution is 0.0876. The molecule has 0 spiro atoms. The second-order valence-corrected chi connectivity index (χ2v) is 12.1. The van der Waals surface area contributed by atoms with Gasteiger partial charge < -0.3 is 4.74 Å². The summed E-state index contributed by atoms with van der Waals surface area (Å²) in [5.41, 5.74) is 3.98. The van der Waals surface area contributed by atoms with Gasteiger partial charge in [0.05, 0.1) is 6.54 Å². The molecule has 3 atom stereocenters. The molecule has 2 aromatic rings. The van der Waals surface area contributed by atoms with Gasteiger partial charge in [-0.25, -0.2) is 13.1 Å². The molecule has 2 aliphatic heterocycles. The molecule has 7 nitrogen and oxygen atoms in total. The van der Waals surface area contributed by atoms with Crippen LogP contribution in [0.25, 0.3) is 0 Å². The predicted molar refractivity (Wildman–Crippen MR) is 140 cm³/mol. The third-order valence-electron chi connectivity index (χ3n) is 7.34. The molecule has 1 N–H and O–H groups in total.